The highest BCUT2D eigenvalue weighted by Crippen LogP contribution is 2.26. The summed E-state index contributed by atoms with van der Waals surface area (Å²) in [6.45, 7) is 6.82. The third kappa shape index (κ3) is 4.77. The van der Waals surface area contributed by atoms with Crippen LogP contribution in [0.2, 0.25) is 5.02 Å². The van der Waals surface area contributed by atoms with Crippen LogP contribution in [0.15, 0.2) is 34.4 Å². The molecular weight excluding hydrogens is 474 g/mol. The summed E-state index contributed by atoms with van der Waals surface area (Å²) in [7, 11) is 1.62. The number of rotatable bonds is 8. The first-order chi connectivity index (χ1) is 16.3. The Morgan fingerprint density at radius 2 is 2.03 bits per heavy atom. The largest absolute Gasteiger partial charge is 0.385 e. The van der Waals surface area contributed by atoms with Gasteiger partial charge in [0.2, 0.25) is 5.91 Å². The summed E-state index contributed by atoms with van der Waals surface area (Å²) in [4.78, 5) is 31.2. The van der Waals surface area contributed by atoms with Crippen LogP contribution in [0.25, 0.3) is 21.9 Å². The monoisotopic (exact) mass is 499 g/mol. The van der Waals surface area contributed by atoms with Gasteiger partial charge in [-0.1, -0.05) is 17.7 Å². The lowest BCUT2D eigenvalue weighted by Gasteiger charge is -2.09. The second kappa shape index (κ2) is 10.1. The van der Waals surface area contributed by atoms with Crippen molar-refractivity contribution < 1.29 is 9.53 Å². The van der Waals surface area contributed by atoms with Crippen molar-refractivity contribution in [2.24, 2.45) is 0 Å². The molecule has 1 aromatic carbocycles. The first-order valence-electron chi connectivity index (χ1n) is 10.9. The number of carbonyl (C=O) groups excluding carboxylic acids is 1. The van der Waals surface area contributed by atoms with Crippen LogP contribution in [0.4, 0.5) is 0 Å². The van der Waals surface area contributed by atoms with E-state index >= 15 is 0 Å². The highest BCUT2D eigenvalue weighted by molar-refractivity contribution is 7.15. The molecule has 178 valence electrons. The summed E-state index contributed by atoms with van der Waals surface area (Å²) in [5, 5.41) is 10.0. The highest BCUT2D eigenvalue weighted by Gasteiger charge is 2.20. The van der Waals surface area contributed by atoms with Crippen LogP contribution >= 0.6 is 22.9 Å². The molecule has 0 unspecified atom stereocenters. The van der Waals surface area contributed by atoms with Crippen molar-refractivity contribution in [3.05, 3.63) is 67.7 Å². The number of aryl methyl sites for hydroxylation is 3. The number of carbonyl (C=O) groups is 1. The second-order valence-corrected chi connectivity index (χ2v) is 9.38. The smallest absolute Gasteiger partial charge is 0.268 e. The minimum absolute atomic E-state index is 0.0895. The van der Waals surface area contributed by atoms with E-state index in [0.29, 0.717) is 45.8 Å². The average molecular weight is 500 g/mol. The van der Waals surface area contributed by atoms with Crippen molar-refractivity contribution in [3.8, 4) is 16.9 Å². The quantitative estimate of drug-likeness (QED) is 0.371. The highest BCUT2D eigenvalue weighted by atomic mass is 35.5. The van der Waals surface area contributed by atoms with Gasteiger partial charge in [0.25, 0.3) is 5.56 Å². The number of methoxy groups -OCH3 is 1. The zero-order valence-corrected chi connectivity index (χ0v) is 21.1. The number of aromatic nitrogens is 4. The van der Waals surface area contributed by atoms with Gasteiger partial charge >= 0.3 is 0 Å². The van der Waals surface area contributed by atoms with Crippen LogP contribution in [-0.2, 0) is 16.0 Å². The minimum atomic E-state index is -0.238. The molecule has 0 fully saturated rings. The fraction of sp³-hybridized carbons (Fsp3) is 0.333. The number of nitrogens with zero attached hydrogens (tertiary/aromatic N) is 4. The number of amides is 1. The first kappa shape index (κ1) is 24.1. The Hall–Kier alpha value is -3.01. The molecule has 3 aromatic heterocycles. The SMILES string of the molecule is COCCCNC(=O)Cc1csc2nc(C)c(-c3cc(C)n(-c4cc(Cl)ccc4C)n3)c(=O)n12. The molecule has 0 saturated carbocycles. The molecular formula is C24H26ClN5O3S. The normalized spacial score (nSPS) is 11.3. The number of halogens is 1. The number of thiazole rings is 1. The fourth-order valence-corrected chi connectivity index (χ4v) is 4.94. The van der Waals surface area contributed by atoms with Crippen LogP contribution in [0.5, 0.6) is 0 Å². The van der Waals surface area contributed by atoms with E-state index in [1.54, 1.807) is 24.1 Å². The number of ether oxygens (including phenoxy) is 1. The standard InChI is InChI=1S/C24H26ClN5O3S/c1-14-6-7-17(25)11-20(14)30-15(2)10-19(28-30)22-16(3)27-24-29(23(22)32)18(13-34-24)12-21(31)26-8-5-9-33-4/h6-7,10-11,13H,5,8-9,12H2,1-4H3,(H,26,31). The van der Waals surface area contributed by atoms with Crippen LogP contribution in [0.3, 0.4) is 0 Å². The van der Waals surface area contributed by atoms with Crippen LogP contribution in [0, 0.1) is 20.8 Å². The number of hydrogen-bond acceptors (Lipinski definition) is 6. The van der Waals surface area contributed by atoms with Gasteiger partial charge in [-0.25, -0.2) is 9.67 Å². The molecule has 0 radical (unpaired) electrons. The summed E-state index contributed by atoms with van der Waals surface area (Å²) in [6, 6.07) is 7.49. The van der Waals surface area contributed by atoms with E-state index in [2.05, 4.69) is 10.3 Å². The summed E-state index contributed by atoms with van der Waals surface area (Å²) < 4.78 is 8.30. The molecule has 4 rings (SSSR count). The Kier molecular flexibility index (Phi) is 7.16. The summed E-state index contributed by atoms with van der Waals surface area (Å²) >= 11 is 7.55. The van der Waals surface area contributed by atoms with Gasteiger partial charge in [-0.3, -0.25) is 14.0 Å². The molecule has 10 heteroatoms. The maximum absolute atomic E-state index is 13.6. The van der Waals surface area contributed by atoms with E-state index in [4.69, 9.17) is 21.4 Å². The number of fused-ring (bicyclic) bond motifs is 1. The predicted molar refractivity (Wildman–Crippen MR) is 134 cm³/mol. The molecule has 1 amide bonds. The topological polar surface area (TPSA) is 90.5 Å². The Morgan fingerprint density at radius 1 is 1.24 bits per heavy atom. The molecule has 8 nitrogen and oxygen atoms in total. The van der Waals surface area contributed by atoms with E-state index < -0.39 is 0 Å². The second-order valence-electron chi connectivity index (χ2n) is 8.11. The maximum atomic E-state index is 13.6. The Balaban J connectivity index is 1.72. The van der Waals surface area contributed by atoms with Gasteiger partial charge in [0.1, 0.15) is 5.69 Å². The molecule has 3 heterocycles. The molecule has 1 N–H and O–H groups in total. The lowest BCUT2D eigenvalue weighted by atomic mass is 10.1. The molecule has 0 aliphatic carbocycles. The third-order valence-corrected chi connectivity index (χ3v) is 6.66. The molecule has 34 heavy (non-hydrogen) atoms. The van der Waals surface area contributed by atoms with Crippen LogP contribution < -0.4 is 10.9 Å². The summed E-state index contributed by atoms with van der Waals surface area (Å²) in [6.07, 6.45) is 0.817. The lowest BCUT2D eigenvalue weighted by molar-refractivity contribution is -0.120. The van der Waals surface area contributed by atoms with Crippen molar-refractivity contribution in [1.29, 1.82) is 0 Å². The van der Waals surface area contributed by atoms with Crippen molar-refractivity contribution in [1.82, 2.24) is 24.5 Å². The first-order valence-corrected chi connectivity index (χ1v) is 12.1. The van der Waals surface area contributed by atoms with Crippen molar-refractivity contribution in [3.63, 3.8) is 0 Å². The Morgan fingerprint density at radius 3 is 2.79 bits per heavy atom. The van der Waals surface area contributed by atoms with Gasteiger partial charge in [0.05, 0.1) is 23.4 Å². The zero-order valence-electron chi connectivity index (χ0n) is 19.5. The van der Waals surface area contributed by atoms with Gasteiger partial charge < -0.3 is 10.1 Å². The number of benzene rings is 1. The van der Waals surface area contributed by atoms with Crippen LogP contribution in [-0.4, -0.2) is 45.3 Å². The fourth-order valence-electron chi connectivity index (χ4n) is 3.85. The van der Waals surface area contributed by atoms with Gasteiger partial charge in [-0.2, -0.15) is 5.10 Å². The minimum Gasteiger partial charge on any atom is -0.385 e. The average Bonchev–Trinajstić information content (AvgIpc) is 3.36. The van der Waals surface area contributed by atoms with E-state index in [0.717, 1.165) is 23.4 Å². The summed E-state index contributed by atoms with van der Waals surface area (Å²) in [5.74, 6) is -0.151. The van der Waals surface area contributed by atoms with E-state index in [-0.39, 0.29) is 17.9 Å². The molecule has 0 aliphatic rings. The van der Waals surface area contributed by atoms with Gasteiger partial charge in [0.15, 0.2) is 4.96 Å². The van der Waals surface area contributed by atoms with E-state index in [1.165, 1.54) is 15.7 Å². The number of nitrogens with one attached hydrogen (secondary N) is 1. The van der Waals surface area contributed by atoms with E-state index in [9.17, 15) is 9.59 Å². The Bertz CT molecular complexity index is 1420. The summed E-state index contributed by atoms with van der Waals surface area (Å²) in [5.41, 5.74) is 4.63. The van der Waals surface area contributed by atoms with E-state index in [1.807, 2.05) is 38.1 Å². The molecule has 4 aromatic rings. The van der Waals surface area contributed by atoms with Crippen molar-refractivity contribution >= 4 is 33.8 Å². The van der Waals surface area contributed by atoms with Gasteiger partial charge in [0, 0.05) is 42.1 Å². The number of hydrogen-bond donors (Lipinski definition) is 1. The van der Waals surface area contributed by atoms with Crippen molar-refractivity contribution in [2.75, 3.05) is 20.3 Å². The molecule has 0 bridgehead atoms. The van der Waals surface area contributed by atoms with Crippen LogP contribution in [0.1, 0.15) is 29.1 Å². The third-order valence-electron chi connectivity index (χ3n) is 5.55. The van der Waals surface area contributed by atoms with Gasteiger partial charge in [-0.15, -0.1) is 11.3 Å². The predicted octanol–water partition coefficient (Wildman–Crippen LogP) is 3.88. The lowest BCUT2D eigenvalue weighted by Crippen LogP contribution is -2.28. The molecule has 0 spiro atoms. The van der Waals surface area contributed by atoms with Gasteiger partial charge in [-0.05, 0) is 51.0 Å². The maximum Gasteiger partial charge on any atom is 0.268 e. The zero-order chi connectivity index (χ0) is 24.4. The Labute approximate surface area is 206 Å². The molecule has 0 saturated heterocycles. The van der Waals surface area contributed by atoms with Crippen molar-refractivity contribution in [2.45, 2.75) is 33.6 Å². The molecule has 0 aliphatic heterocycles. The molecule has 0 atom stereocenters.